The molecule has 2 fully saturated rings. The van der Waals surface area contributed by atoms with Crippen molar-refractivity contribution in [2.45, 2.75) is 37.8 Å². The van der Waals surface area contributed by atoms with Gasteiger partial charge in [-0.3, -0.25) is 0 Å². The Kier molecular flexibility index (Phi) is 3.93. The van der Waals surface area contributed by atoms with Gasteiger partial charge in [0.15, 0.2) is 0 Å². The monoisotopic (exact) mass is 299 g/mol. The van der Waals surface area contributed by atoms with Crippen molar-refractivity contribution in [3.05, 3.63) is 28.2 Å². The standard InChI is InChI=1S/C15H19Cl2NO/c1-18-11-6-5-10(13(18)8-7-11)9-19-14-4-2-3-12(16)15(14)17/h2-4,10-11,13H,5-9H2,1H3/t10-,11?,13?/m0/s1. The van der Waals surface area contributed by atoms with Gasteiger partial charge in [0, 0.05) is 18.0 Å². The topological polar surface area (TPSA) is 12.5 Å². The Bertz CT molecular complexity index is 465. The molecule has 2 nitrogen and oxygen atoms in total. The SMILES string of the molecule is CN1C2CCC1[C@H](COc1cccc(Cl)c1Cl)CC2. The summed E-state index contributed by atoms with van der Waals surface area (Å²) in [4.78, 5) is 2.54. The molecule has 3 rings (SSSR count). The van der Waals surface area contributed by atoms with Crippen LogP contribution in [0.3, 0.4) is 0 Å². The first-order valence-corrected chi connectivity index (χ1v) is 7.71. The fraction of sp³-hybridized carbons (Fsp3) is 0.600. The van der Waals surface area contributed by atoms with E-state index in [4.69, 9.17) is 27.9 Å². The zero-order chi connectivity index (χ0) is 13.4. The Balaban J connectivity index is 1.65. The Hall–Kier alpha value is -0.440. The van der Waals surface area contributed by atoms with Crippen LogP contribution in [0.5, 0.6) is 5.75 Å². The molecular weight excluding hydrogens is 281 g/mol. The number of halogens is 2. The zero-order valence-electron chi connectivity index (χ0n) is 11.1. The molecule has 4 heteroatoms. The summed E-state index contributed by atoms with van der Waals surface area (Å²) in [5, 5.41) is 1.08. The second kappa shape index (κ2) is 5.51. The highest BCUT2D eigenvalue weighted by atomic mass is 35.5. The molecule has 2 unspecified atom stereocenters. The first-order chi connectivity index (χ1) is 9.16. The molecular formula is C15H19Cl2NO. The second-order valence-electron chi connectivity index (χ2n) is 5.66. The molecule has 2 aliphatic rings. The van der Waals surface area contributed by atoms with Crippen LogP contribution in [-0.4, -0.2) is 30.6 Å². The van der Waals surface area contributed by atoms with E-state index in [0.29, 0.717) is 27.8 Å². The largest absolute Gasteiger partial charge is 0.492 e. The van der Waals surface area contributed by atoms with Crippen molar-refractivity contribution >= 4 is 23.2 Å². The summed E-state index contributed by atoms with van der Waals surface area (Å²) in [5.74, 6) is 1.32. The Morgan fingerprint density at radius 2 is 2.00 bits per heavy atom. The maximum absolute atomic E-state index is 6.15. The number of piperidine rings is 1. The molecule has 0 spiro atoms. The van der Waals surface area contributed by atoms with Gasteiger partial charge in [-0.1, -0.05) is 29.3 Å². The molecule has 1 aromatic rings. The highest BCUT2D eigenvalue weighted by Crippen LogP contribution is 2.39. The lowest BCUT2D eigenvalue weighted by atomic mass is 9.91. The number of hydrogen-bond donors (Lipinski definition) is 0. The number of rotatable bonds is 3. The van der Waals surface area contributed by atoms with Crippen molar-refractivity contribution < 1.29 is 4.74 Å². The first kappa shape index (κ1) is 13.5. The molecule has 19 heavy (non-hydrogen) atoms. The average Bonchev–Trinajstić information content (AvgIpc) is 2.64. The Morgan fingerprint density at radius 3 is 2.84 bits per heavy atom. The number of hydrogen-bond acceptors (Lipinski definition) is 2. The zero-order valence-corrected chi connectivity index (χ0v) is 12.6. The van der Waals surface area contributed by atoms with Gasteiger partial charge in [0.25, 0.3) is 0 Å². The number of benzene rings is 1. The second-order valence-corrected chi connectivity index (χ2v) is 6.45. The van der Waals surface area contributed by atoms with Crippen molar-refractivity contribution in [1.29, 1.82) is 0 Å². The Morgan fingerprint density at radius 1 is 1.21 bits per heavy atom. The van der Waals surface area contributed by atoms with Gasteiger partial charge in [-0.2, -0.15) is 0 Å². The van der Waals surface area contributed by atoms with Crippen molar-refractivity contribution in [3.63, 3.8) is 0 Å². The van der Waals surface area contributed by atoms with E-state index in [2.05, 4.69) is 11.9 Å². The van der Waals surface area contributed by atoms with Gasteiger partial charge in [0.2, 0.25) is 0 Å². The lowest BCUT2D eigenvalue weighted by molar-refractivity contribution is 0.0853. The van der Waals surface area contributed by atoms with Crippen molar-refractivity contribution in [2.24, 2.45) is 5.92 Å². The van der Waals surface area contributed by atoms with Crippen LogP contribution in [0, 0.1) is 5.92 Å². The van der Waals surface area contributed by atoms with Crippen LogP contribution in [0.1, 0.15) is 25.7 Å². The van der Waals surface area contributed by atoms with E-state index in [1.54, 1.807) is 6.07 Å². The maximum Gasteiger partial charge on any atom is 0.139 e. The van der Waals surface area contributed by atoms with Crippen LogP contribution in [0.4, 0.5) is 0 Å². The van der Waals surface area contributed by atoms with Gasteiger partial charge in [-0.15, -0.1) is 0 Å². The fourth-order valence-electron chi connectivity index (χ4n) is 3.54. The summed E-state index contributed by atoms with van der Waals surface area (Å²) < 4.78 is 5.91. The highest BCUT2D eigenvalue weighted by molar-refractivity contribution is 6.42. The van der Waals surface area contributed by atoms with Crippen LogP contribution < -0.4 is 4.74 Å². The van der Waals surface area contributed by atoms with Crippen LogP contribution in [-0.2, 0) is 0 Å². The summed E-state index contributed by atoms with van der Waals surface area (Å²) in [6, 6.07) is 7.03. The minimum atomic E-state index is 0.526. The molecule has 0 N–H and O–H groups in total. The van der Waals surface area contributed by atoms with E-state index in [0.717, 1.165) is 12.6 Å². The van der Waals surface area contributed by atoms with Gasteiger partial charge in [0.1, 0.15) is 10.8 Å². The third kappa shape index (κ3) is 2.58. The summed E-state index contributed by atoms with van der Waals surface area (Å²) in [6.45, 7) is 0.738. The number of nitrogens with zero attached hydrogens (tertiary/aromatic N) is 1. The molecule has 0 aliphatic carbocycles. The van der Waals surface area contributed by atoms with Crippen LogP contribution in [0.25, 0.3) is 0 Å². The molecule has 0 aromatic heterocycles. The minimum Gasteiger partial charge on any atom is -0.492 e. The predicted molar refractivity (Wildman–Crippen MR) is 79.3 cm³/mol. The molecule has 0 amide bonds. The molecule has 2 saturated heterocycles. The van der Waals surface area contributed by atoms with Gasteiger partial charge in [-0.05, 0) is 44.9 Å². The van der Waals surface area contributed by atoms with Gasteiger partial charge < -0.3 is 9.64 Å². The van der Waals surface area contributed by atoms with Gasteiger partial charge in [-0.25, -0.2) is 0 Å². The normalized spacial score (nSPS) is 30.6. The van der Waals surface area contributed by atoms with Crippen LogP contribution >= 0.6 is 23.2 Å². The third-order valence-corrected chi connectivity index (χ3v) is 5.48. The highest BCUT2D eigenvalue weighted by Gasteiger charge is 2.40. The maximum atomic E-state index is 6.15. The van der Waals surface area contributed by atoms with Crippen molar-refractivity contribution in [3.8, 4) is 5.75 Å². The lowest BCUT2D eigenvalue weighted by Crippen LogP contribution is -2.43. The summed E-state index contributed by atoms with van der Waals surface area (Å²) >= 11 is 12.2. The van der Waals surface area contributed by atoms with E-state index in [1.807, 2.05) is 12.1 Å². The summed E-state index contributed by atoms with van der Waals surface area (Å²) in [6.07, 6.45) is 5.20. The average molecular weight is 300 g/mol. The molecule has 2 aliphatic heterocycles. The smallest absolute Gasteiger partial charge is 0.139 e. The quantitative estimate of drug-likeness (QED) is 0.827. The van der Waals surface area contributed by atoms with E-state index < -0.39 is 0 Å². The first-order valence-electron chi connectivity index (χ1n) is 6.95. The Labute approximate surface area is 124 Å². The lowest BCUT2D eigenvalue weighted by Gasteiger charge is -2.37. The molecule has 104 valence electrons. The van der Waals surface area contributed by atoms with E-state index in [1.165, 1.54) is 25.7 Å². The molecule has 0 saturated carbocycles. The van der Waals surface area contributed by atoms with Crippen molar-refractivity contribution in [2.75, 3.05) is 13.7 Å². The molecule has 1 aromatic carbocycles. The third-order valence-electron chi connectivity index (χ3n) is 4.68. The predicted octanol–water partition coefficient (Wildman–Crippen LogP) is 4.25. The van der Waals surface area contributed by atoms with Gasteiger partial charge >= 0.3 is 0 Å². The van der Waals surface area contributed by atoms with E-state index in [-0.39, 0.29) is 0 Å². The minimum absolute atomic E-state index is 0.526. The van der Waals surface area contributed by atoms with E-state index in [9.17, 15) is 0 Å². The van der Waals surface area contributed by atoms with E-state index >= 15 is 0 Å². The fourth-order valence-corrected chi connectivity index (χ4v) is 3.89. The van der Waals surface area contributed by atoms with Gasteiger partial charge in [0.05, 0.1) is 11.6 Å². The van der Waals surface area contributed by atoms with Crippen molar-refractivity contribution in [1.82, 2.24) is 4.90 Å². The number of fused-ring (bicyclic) bond motifs is 2. The summed E-state index contributed by atoms with van der Waals surface area (Å²) in [7, 11) is 2.25. The summed E-state index contributed by atoms with van der Waals surface area (Å²) in [5.41, 5.74) is 0. The molecule has 3 atom stereocenters. The molecule has 2 heterocycles. The van der Waals surface area contributed by atoms with Crippen LogP contribution in [0.15, 0.2) is 18.2 Å². The molecule has 2 bridgehead atoms. The number of ether oxygens (including phenoxy) is 1. The molecule has 0 radical (unpaired) electrons. The van der Waals surface area contributed by atoms with Crippen LogP contribution in [0.2, 0.25) is 10.0 Å².